The van der Waals surface area contributed by atoms with Gasteiger partial charge >= 0.3 is 0 Å². The molecule has 0 aliphatic carbocycles. The van der Waals surface area contributed by atoms with Crippen LogP contribution in [0.2, 0.25) is 0 Å². The van der Waals surface area contributed by atoms with Crippen molar-refractivity contribution in [3.63, 3.8) is 0 Å². The predicted octanol–water partition coefficient (Wildman–Crippen LogP) is 3.05. The Bertz CT molecular complexity index is 552. The van der Waals surface area contributed by atoms with Crippen LogP contribution in [0.4, 0.5) is 0 Å². The normalized spacial score (nSPS) is 10.2. The number of amides is 1. The van der Waals surface area contributed by atoms with E-state index >= 15 is 0 Å². The summed E-state index contributed by atoms with van der Waals surface area (Å²) in [5.74, 6) is -0.0185. The number of carbonyl (C=O) groups excluding carboxylic acids is 1. The summed E-state index contributed by atoms with van der Waals surface area (Å²) in [6.45, 7) is 5.16. The molecule has 0 fully saturated rings. The third-order valence-corrected chi connectivity index (χ3v) is 2.99. The highest BCUT2D eigenvalue weighted by atomic mass is 16.2. The van der Waals surface area contributed by atoms with Gasteiger partial charge in [0.25, 0.3) is 5.91 Å². The molecule has 3 heteroatoms. The molecule has 0 unspecified atom stereocenters. The fraction of sp³-hybridized carbons (Fsp3) is 0.250. The van der Waals surface area contributed by atoms with Crippen molar-refractivity contribution in [3.8, 4) is 0 Å². The minimum Gasteiger partial charge on any atom is -0.333 e. The molecule has 0 saturated heterocycles. The predicted molar refractivity (Wildman–Crippen MR) is 75.8 cm³/mol. The molecule has 0 saturated carbocycles. The molecular weight excluding hydrogens is 236 g/mol. The average Bonchev–Trinajstić information content (AvgIpc) is 2.45. The minimum atomic E-state index is -0.0185. The van der Waals surface area contributed by atoms with Crippen molar-refractivity contribution in [3.05, 3.63) is 65.5 Å². The number of hydrogen-bond donors (Lipinski definition) is 0. The molecule has 0 spiro atoms. The third-order valence-electron chi connectivity index (χ3n) is 2.99. The second-order valence-corrected chi connectivity index (χ2v) is 4.47. The van der Waals surface area contributed by atoms with Gasteiger partial charge in [0, 0.05) is 18.8 Å². The highest BCUT2D eigenvalue weighted by Gasteiger charge is 2.15. The smallest absolute Gasteiger partial charge is 0.272 e. The van der Waals surface area contributed by atoms with Gasteiger partial charge in [0.15, 0.2) is 0 Å². The fourth-order valence-electron chi connectivity index (χ4n) is 1.96. The first-order valence-electron chi connectivity index (χ1n) is 6.47. The Balaban J connectivity index is 2.16. The molecule has 1 amide bonds. The molecule has 1 aromatic heterocycles. The molecule has 0 radical (unpaired) electrons. The van der Waals surface area contributed by atoms with Crippen LogP contribution in [0.5, 0.6) is 0 Å². The molecular formula is C16H18N2O. The summed E-state index contributed by atoms with van der Waals surface area (Å²) < 4.78 is 0. The van der Waals surface area contributed by atoms with Gasteiger partial charge < -0.3 is 4.90 Å². The maximum absolute atomic E-state index is 12.4. The number of pyridine rings is 1. The van der Waals surface area contributed by atoms with Crippen molar-refractivity contribution in [2.24, 2.45) is 0 Å². The second kappa shape index (κ2) is 6.14. The van der Waals surface area contributed by atoms with Gasteiger partial charge in [0.2, 0.25) is 0 Å². The Kier molecular flexibility index (Phi) is 4.29. The van der Waals surface area contributed by atoms with Crippen LogP contribution in [0.1, 0.15) is 28.7 Å². The first-order valence-corrected chi connectivity index (χ1v) is 6.47. The van der Waals surface area contributed by atoms with Crippen LogP contribution in [0.25, 0.3) is 0 Å². The monoisotopic (exact) mass is 254 g/mol. The van der Waals surface area contributed by atoms with Crippen molar-refractivity contribution >= 4 is 5.91 Å². The Morgan fingerprint density at radius 3 is 2.47 bits per heavy atom. The summed E-state index contributed by atoms with van der Waals surface area (Å²) in [7, 11) is 0. The van der Waals surface area contributed by atoms with E-state index in [0.29, 0.717) is 18.8 Å². The molecule has 98 valence electrons. The van der Waals surface area contributed by atoms with E-state index < -0.39 is 0 Å². The van der Waals surface area contributed by atoms with E-state index in [2.05, 4.69) is 4.98 Å². The van der Waals surface area contributed by atoms with Gasteiger partial charge in [-0.05, 0) is 31.5 Å². The van der Waals surface area contributed by atoms with Gasteiger partial charge in [0.05, 0.1) is 0 Å². The van der Waals surface area contributed by atoms with Crippen LogP contribution in [-0.4, -0.2) is 22.3 Å². The minimum absolute atomic E-state index is 0.0185. The Morgan fingerprint density at radius 2 is 1.84 bits per heavy atom. The number of carbonyl (C=O) groups is 1. The zero-order chi connectivity index (χ0) is 13.7. The van der Waals surface area contributed by atoms with Gasteiger partial charge in [-0.15, -0.1) is 0 Å². The summed E-state index contributed by atoms with van der Waals surface area (Å²) >= 11 is 0. The zero-order valence-corrected chi connectivity index (χ0v) is 11.3. The van der Waals surface area contributed by atoms with E-state index in [1.165, 1.54) is 0 Å². The molecule has 0 atom stereocenters. The van der Waals surface area contributed by atoms with E-state index in [1.807, 2.05) is 56.3 Å². The molecule has 2 rings (SSSR count). The van der Waals surface area contributed by atoms with Crippen molar-refractivity contribution < 1.29 is 4.79 Å². The van der Waals surface area contributed by atoms with E-state index in [-0.39, 0.29) is 5.91 Å². The van der Waals surface area contributed by atoms with Crippen molar-refractivity contribution in [2.75, 3.05) is 6.54 Å². The lowest BCUT2D eigenvalue weighted by Gasteiger charge is -2.20. The first-order chi connectivity index (χ1) is 9.20. The largest absolute Gasteiger partial charge is 0.333 e. The second-order valence-electron chi connectivity index (χ2n) is 4.47. The molecule has 2 aromatic rings. The van der Waals surface area contributed by atoms with E-state index in [9.17, 15) is 4.79 Å². The fourth-order valence-corrected chi connectivity index (χ4v) is 1.96. The SMILES string of the molecule is CCN(Cc1ccccc1)C(=O)c1cccc(C)n1. The van der Waals surface area contributed by atoms with Gasteiger partial charge in [-0.25, -0.2) is 4.98 Å². The molecule has 1 aromatic carbocycles. The number of rotatable bonds is 4. The van der Waals surface area contributed by atoms with Crippen LogP contribution in [-0.2, 0) is 6.54 Å². The highest BCUT2D eigenvalue weighted by Crippen LogP contribution is 2.09. The summed E-state index contributed by atoms with van der Waals surface area (Å²) in [4.78, 5) is 18.5. The Hall–Kier alpha value is -2.16. The number of nitrogens with zero attached hydrogens (tertiary/aromatic N) is 2. The van der Waals surface area contributed by atoms with Crippen LogP contribution < -0.4 is 0 Å². The third kappa shape index (κ3) is 3.41. The molecule has 0 bridgehead atoms. The summed E-state index contributed by atoms with van der Waals surface area (Å²) in [6, 6.07) is 15.5. The molecule has 0 aliphatic heterocycles. The Morgan fingerprint density at radius 1 is 1.11 bits per heavy atom. The van der Waals surface area contributed by atoms with Crippen molar-refractivity contribution in [1.82, 2.24) is 9.88 Å². The van der Waals surface area contributed by atoms with E-state index in [4.69, 9.17) is 0 Å². The summed E-state index contributed by atoms with van der Waals surface area (Å²) in [6.07, 6.45) is 0. The maximum atomic E-state index is 12.4. The van der Waals surface area contributed by atoms with Gasteiger partial charge in [-0.2, -0.15) is 0 Å². The van der Waals surface area contributed by atoms with Gasteiger partial charge in [0.1, 0.15) is 5.69 Å². The quantitative estimate of drug-likeness (QED) is 0.840. The van der Waals surface area contributed by atoms with Crippen LogP contribution >= 0.6 is 0 Å². The molecule has 1 heterocycles. The summed E-state index contributed by atoms with van der Waals surface area (Å²) in [5, 5.41) is 0. The van der Waals surface area contributed by atoms with Crippen LogP contribution in [0, 0.1) is 6.92 Å². The van der Waals surface area contributed by atoms with Crippen LogP contribution in [0.3, 0.4) is 0 Å². The zero-order valence-electron chi connectivity index (χ0n) is 11.3. The maximum Gasteiger partial charge on any atom is 0.272 e. The highest BCUT2D eigenvalue weighted by molar-refractivity contribution is 5.92. The van der Waals surface area contributed by atoms with Gasteiger partial charge in [-0.1, -0.05) is 36.4 Å². The van der Waals surface area contributed by atoms with Gasteiger partial charge in [-0.3, -0.25) is 4.79 Å². The van der Waals surface area contributed by atoms with Crippen LogP contribution in [0.15, 0.2) is 48.5 Å². The molecule has 0 N–H and O–H groups in total. The average molecular weight is 254 g/mol. The lowest BCUT2D eigenvalue weighted by molar-refractivity contribution is 0.0746. The van der Waals surface area contributed by atoms with E-state index in [1.54, 1.807) is 11.0 Å². The molecule has 0 aliphatic rings. The standard InChI is InChI=1S/C16H18N2O/c1-3-18(12-14-9-5-4-6-10-14)16(19)15-11-7-8-13(2)17-15/h4-11H,3,12H2,1-2H3. The van der Waals surface area contributed by atoms with Crippen molar-refractivity contribution in [2.45, 2.75) is 20.4 Å². The van der Waals surface area contributed by atoms with E-state index in [0.717, 1.165) is 11.3 Å². The number of aryl methyl sites for hydroxylation is 1. The molecule has 3 nitrogen and oxygen atoms in total. The Labute approximate surface area is 113 Å². The topological polar surface area (TPSA) is 33.2 Å². The lowest BCUT2D eigenvalue weighted by atomic mass is 10.2. The molecule has 19 heavy (non-hydrogen) atoms. The number of benzene rings is 1. The lowest BCUT2D eigenvalue weighted by Crippen LogP contribution is -2.31. The first kappa shape index (κ1) is 13.3. The number of hydrogen-bond acceptors (Lipinski definition) is 2. The number of aromatic nitrogens is 1. The van der Waals surface area contributed by atoms with Crippen molar-refractivity contribution in [1.29, 1.82) is 0 Å². The summed E-state index contributed by atoms with van der Waals surface area (Å²) in [5.41, 5.74) is 2.50.